The summed E-state index contributed by atoms with van der Waals surface area (Å²) >= 11 is 0. The average molecular weight is 442 g/mol. The highest BCUT2D eigenvalue weighted by Crippen LogP contribution is 2.30. The Morgan fingerprint density at radius 2 is 1.72 bits per heavy atom. The van der Waals surface area contributed by atoms with Crippen LogP contribution in [0.15, 0.2) is 4.99 Å². The van der Waals surface area contributed by atoms with E-state index >= 15 is 0 Å². The SMILES string of the molecule is CCNC(=NCC(CC)N1CCCC1)NCC1CCN(S(=O)(=O)C(F)(F)F)CC1. The van der Waals surface area contributed by atoms with Gasteiger partial charge in [-0.1, -0.05) is 6.92 Å². The largest absolute Gasteiger partial charge is 0.511 e. The van der Waals surface area contributed by atoms with E-state index in [1.165, 1.54) is 12.8 Å². The predicted molar refractivity (Wildman–Crippen MR) is 108 cm³/mol. The maximum absolute atomic E-state index is 12.7. The molecule has 29 heavy (non-hydrogen) atoms. The number of halogens is 3. The summed E-state index contributed by atoms with van der Waals surface area (Å²) in [4.78, 5) is 7.17. The third-order valence-corrected chi connectivity index (χ3v) is 7.33. The normalized spacial score (nSPS) is 22.0. The molecule has 2 fully saturated rings. The summed E-state index contributed by atoms with van der Waals surface area (Å²) < 4.78 is 61.6. The molecule has 0 aromatic heterocycles. The molecule has 0 amide bonds. The fourth-order valence-electron chi connectivity index (χ4n) is 3.89. The molecule has 0 spiro atoms. The van der Waals surface area contributed by atoms with Gasteiger partial charge in [-0.05, 0) is 58.0 Å². The van der Waals surface area contributed by atoms with Gasteiger partial charge in [0.2, 0.25) is 0 Å². The van der Waals surface area contributed by atoms with Crippen molar-refractivity contribution in [3.05, 3.63) is 0 Å². The van der Waals surface area contributed by atoms with Gasteiger partial charge in [-0.25, -0.2) is 8.42 Å². The van der Waals surface area contributed by atoms with Crippen molar-refractivity contribution in [2.75, 3.05) is 45.8 Å². The number of rotatable bonds is 8. The van der Waals surface area contributed by atoms with Crippen LogP contribution < -0.4 is 10.6 Å². The maximum atomic E-state index is 12.7. The van der Waals surface area contributed by atoms with Gasteiger partial charge < -0.3 is 10.6 Å². The Hall–Kier alpha value is -1.07. The van der Waals surface area contributed by atoms with Crippen molar-refractivity contribution in [2.24, 2.45) is 10.9 Å². The van der Waals surface area contributed by atoms with E-state index in [1.807, 2.05) is 6.92 Å². The number of guanidine groups is 1. The molecular formula is C18H34F3N5O2S. The molecule has 170 valence electrons. The molecule has 0 bridgehead atoms. The first-order valence-electron chi connectivity index (χ1n) is 10.5. The number of hydrogen-bond acceptors (Lipinski definition) is 4. The van der Waals surface area contributed by atoms with Crippen LogP contribution in [0.3, 0.4) is 0 Å². The minimum absolute atomic E-state index is 0.102. The first-order chi connectivity index (χ1) is 13.7. The maximum Gasteiger partial charge on any atom is 0.511 e. The first kappa shape index (κ1) is 24.2. The molecule has 7 nitrogen and oxygen atoms in total. The topological polar surface area (TPSA) is 77.0 Å². The molecule has 2 aliphatic rings. The van der Waals surface area contributed by atoms with Crippen LogP contribution in [-0.4, -0.2) is 80.9 Å². The number of alkyl halides is 3. The van der Waals surface area contributed by atoms with Crippen molar-refractivity contribution >= 4 is 16.0 Å². The zero-order valence-electron chi connectivity index (χ0n) is 17.3. The molecule has 0 aromatic rings. The average Bonchev–Trinajstić information content (AvgIpc) is 3.20. The van der Waals surface area contributed by atoms with Crippen molar-refractivity contribution in [1.29, 1.82) is 0 Å². The fraction of sp³-hybridized carbons (Fsp3) is 0.944. The molecule has 0 aliphatic carbocycles. The number of likely N-dealkylation sites (tertiary alicyclic amines) is 1. The van der Waals surface area contributed by atoms with Crippen molar-refractivity contribution in [2.45, 2.75) is 57.5 Å². The monoisotopic (exact) mass is 441 g/mol. The molecule has 0 radical (unpaired) electrons. The molecule has 2 aliphatic heterocycles. The molecular weight excluding hydrogens is 407 g/mol. The molecule has 2 saturated heterocycles. The second-order valence-electron chi connectivity index (χ2n) is 7.70. The summed E-state index contributed by atoms with van der Waals surface area (Å²) in [5.41, 5.74) is -5.23. The zero-order valence-corrected chi connectivity index (χ0v) is 18.2. The van der Waals surface area contributed by atoms with Crippen LogP contribution in [0, 0.1) is 5.92 Å². The highest BCUT2D eigenvalue weighted by atomic mass is 32.2. The summed E-state index contributed by atoms with van der Waals surface area (Å²) in [6.45, 7) is 8.17. The molecule has 2 N–H and O–H groups in total. The van der Waals surface area contributed by atoms with Crippen LogP contribution in [0.5, 0.6) is 0 Å². The quantitative estimate of drug-likeness (QED) is 0.445. The van der Waals surface area contributed by atoms with Crippen molar-refractivity contribution < 1.29 is 21.6 Å². The lowest BCUT2D eigenvalue weighted by Gasteiger charge is -2.32. The minimum atomic E-state index is -5.23. The van der Waals surface area contributed by atoms with Gasteiger partial charge in [0.1, 0.15) is 0 Å². The Kier molecular flexibility index (Phi) is 9.02. The predicted octanol–water partition coefficient (Wildman–Crippen LogP) is 1.98. The first-order valence-corrected chi connectivity index (χ1v) is 12.0. The molecule has 1 unspecified atom stereocenters. The molecule has 1 atom stereocenters. The third kappa shape index (κ3) is 6.71. The molecule has 2 rings (SSSR count). The Morgan fingerprint density at radius 1 is 1.10 bits per heavy atom. The zero-order chi connectivity index (χ0) is 21.5. The van der Waals surface area contributed by atoms with E-state index in [0.29, 0.717) is 48.8 Å². The van der Waals surface area contributed by atoms with E-state index in [4.69, 9.17) is 4.99 Å². The summed E-state index contributed by atoms with van der Waals surface area (Å²) in [7, 11) is -5.22. The van der Waals surface area contributed by atoms with Crippen LogP contribution >= 0.6 is 0 Å². The van der Waals surface area contributed by atoms with Crippen molar-refractivity contribution in [3.63, 3.8) is 0 Å². The van der Waals surface area contributed by atoms with Crippen LogP contribution in [0.2, 0.25) is 0 Å². The summed E-state index contributed by atoms with van der Waals surface area (Å²) in [5, 5.41) is 6.48. The van der Waals surface area contributed by atoms with E-state index in [1.54, 1.807) is 0 Å². The van der Waals surface area contributed by atoms with E-state index in [-0.39, 0.29) is 19.0 Å². The lowest BCUT2D eigenvalue weighted by molar-refractivity contribution is -0.0496. The molecule has 0 saturated carbocycles. The van der Waals surface area contributed by atoms with Gasteiger partial charge in [0, 0.05) is 32.2 Å². The van der Waals surface area contributed by atoms with Gasteiger partial charge in [-0.2, -0.15) is 17.5 Å². The summed E-state index contributed by atoms with van der Waals surface area (Å²) in [6.07, 6.45) is 4.30. The van der Waals surface area contributed by atoms with Gasteiger partial charge in [0.25, 0.3) is 0 Å². The molecule has 2 heterocycles. The van der Waals surface area contributed by atoms with Gasteiger partial charge in [-0.15, -0.1) is 0 Å². The number of nitrogens with zero attached hydrogens (tertiary/aromatic N) is 3. The molecule has 11 heteroatoms. The Balaban J connectivity index is 1.83. The van der Waals surface area contributed by atoms with E-state index in [2.05, 4.69) is 22.5 Å². The minimum Gasteiger partial charge on any atom is -0.357 e. The van der Waals surface area contributed by atoms with Crippen LogP contribution in [0.4, 0.5) is 13.2 Å². The second-order valence-corrected chi connectivity index (χ2v) is 9.63. The third-order valence-electron chi connectivity index (χ3n) is 5.70. The standard InChI is InChI=1S/C18H34F3N5O2S/c1-3-16(25-9-5-6-10-25)14-24-17(22-4-2)23-13-15-7-11-26(12-8-15)29(27,28)18(19,20)21/h15-16H,3-14H2,1-2H3,(H2,22,23,24). The summed E-state index contributed by atoms with van der Waals surface area (Å²) in [6, 6.07) is 0.420. The second kappa shape index (κ2) is 10.8. The van der Waals surface area contributed by atoms with Gasteiger partial charge in [0.05, 0.1) is 6.54 Å². The molecule has 0 aromatic carbocycles. The highest BCUT2D eigenvalue weighted by Gasteiger charge is 2.50. The lowest BCUT2D eigenvalue weighted by Crippen LogP contribution is -2.47. The van der Waals surface area contributed by atoms with Crippen molar-refractivity contribution in [1.82, 2.24) is 19.8 Å². The van der Waals surface area contributed by atoms with Crippen LogP contribution in [0.25, 0.3) is 0 Å². The lowest BCUT2D eigenvalue weighted by atomic mass is 9.98. The van der Waals surface area contributed by atoms with Gasteiger partial charge >= 0.3 is 15.5 Å². The Labute approximate surface area is 172 Å². The number of piperidine rings is 1. The number of sulfonamides is 1. The highest BCUT2D eigenvalue weighted by molar-refractivity contribution is 7.90. The smallest absolute Gasteiger partial charge is 0.357 e. The fourth-order valence-corrected chi connectivity index (χ4v) is 4.87. The number of hydrogen-bond donors (Lipinski definition) is 2. The Morgan fingerprint density at radius 3 is 2.24 bits per heavy atom. The van der Waals surface area contributed by atoms with E-state index in [0.717, 1.165) is 19.5 Å². The summed E-state index contributed by atoms with van der Waals surface area (Å²) in [5.74, 6) is 0.814. The van der Waals surface area contributed by atoms with Crippen LogP contribution in [0.1, 0.15) is 46.0 Å². The Bertz CT molecular complexity index is 628. The van der Waals surface area contributed by atoms with Crippen LogP contribution in [-0.2, 0) is 10.0 Å². The van der Waals surface area contributed by atoms with Crippen molar-refractivity contribution in [3.8, 4) is 0 Å². The van der Waals surface area contributed by atoms with Gasteiger partial charge in [0.15, 0.2) is 5.96 Å². The van der Waals surface area contributed by atoms with E-state index < -0.39 is 15.5 Å². The number of nitrogens with one attached hydrogen (secondary N) is 2. The van der Waals surface area contributed by atoms with E-state index in [9.17, 15) is 21.6 Å². The van der Waals surface area contributed by atoms with Gasteiger partial charge in [-0.3, -0.25) is 9.89 Å². The number of aliphatic imine (C=N–C) groups is 1.